The molecule has 0 radical (unpaired) electrons. The first kappa shape index (κ1) is 18.7. The van der Waals surface area contributed by atoms with E-state index in [9.17, 15) is 0 Å². The third-order valence-corrected chi connectivity index (χ3v) is 5.51. The van der Waals surface area contributed by atoms with Gasteiger partial charge in [-0.25, -0.2) is 0 Å². The Balaban J connectivity index is 1.42. The molecule has 1 aliphatic heterocycles. The fourth-order valence-corrected chi connectivity index (χ4v) is 3.51. The number of H-pyrrole nitrogens is 1. The molecule has 30 heavy (non-hydrogen) atoms. The quantitative estimate of drug-likeness (QED) is 0.655. The molecule has 0 amide bonds. The molecule has 1 aliphatic carbocycles. The van der Waals surface area contributed by atoms with E-state index in [2.05, 4.69) is 60.5 Å². The van der Waals surface area contributed by atoms with E-state index >= 15 is 0 Å². The molecule has 0 unspecified atom stereocenters. The molecule has 1 saturated carbocycles. The fraction of sp³-hybridized carbons (Fsp3) is 0.364. The molecule has 8 nitrogen and oxygen atoms in total. The normalized spacial score (nSPS) is 17.6. The van der Waals surface area contributed by atoms with E-state index in [1.54, 1.807) is 0 Å². The van der Waals surface area contributed by atoms with Gasteiger partial charge in [0.1, 0.15) is 0 Å². The maximum absolute atomic E-state index is 4.71. The van der Waals surface area contributed by atoms with Crippen LogP contribution < -0.4 is 10.2 Å². The van der Waals surface area contributed by atoms with Crippen LogP contribution in [0.3, 0.4) is 0 Å². The van der Waals surface area contributed by atoms with Crippen molar-refractivity contribution in [2.75, 3.05) is 43.4 Å². The molecule has 0 atom stereocenters. The van der Waals surface area contributed by atoms with E-state index in [1.165, 1.54) is 18.5 Å². The summed E-state index contributed by atoms with van der Waals surface area (Å²) in [4.78, 5) is 18.5. The van der Waals surface area contributed by atoms with Crippen LogP contribution in [0.2, 0.25) is 0 Å². The van der Waals surface area contributed by atoms with Crippen molar-refractivity contribution in [3.05, 3.63) is 53.5 Å². The lowest BCUT2D eigenvalue weighted by Gasteiger charge is -2.32. The molecule has 8 heteroatoms. The van der Waals surface area contributed by atoms with E-state index in [-0.39, 0.29) is 0 Å². The number of rotatable bonds is 6. The predicted octanol–water partition coefficient (Wildman–Crippen LogP) is 3.14. The van der Waals surface area contributed by atoms with Crippen LogP contribution in [-0.2, 0) is 0 Å². The summed E-state index contributed by atoms with van der Waals surface area (Å²) in [6.07, 6.45) is 6.42. The van der Waals surface area contributed by atoms with E-state index in [4.69, 9.17) is 4.98 Å². The minimum atomic E-state index is 0.514. The summed E-state index contributed by atoms with van der Waals surface area (Å²) >= 11 is 0. The van der Waals surface area contributed by atoms with Crippen molar-refractivity contribution in [1.82, 2.24) is 30.0 Å². The first-order valence-corrected chi connectivity index (χ1v) is 10.5. The van der Waals surface area contributed by atoms with Crippen molar-refractivity contribution < 1.29 is 0 Å². The number of benzene rings is 1. The van der Waals surface area contributed by atoms with Gasteiger partial charge in [-0.3, -0.25) is 5.10 Å². The van der Waals surface area contributed by atoms with Crippen molar-refractivity contribution in [3.8, 4) is 0 Å². The highest BCUT2D eigenvalue weighted by Crippen LogP contribution is 2.39. The first-order chi connectivity index (χ1) is 14.7. The maximum atomic E-state index is 4.71. The van der Waals surface area contributed by atoms with Crippen molar-refractivity contribution in [1.29, 1.82) is 0 Å². The summed E-state index contributed by atoms with van der Waals surface area (Å²) in [5, 5.41) is 10.7. The molecular formula is C22H26N8. The molecule has 0 bridgehead atoms. The average molecular weight is 403 g/mol. The zero-order valence-electron chi connectivity index (χ0n) is 17.1. The Labute approximate surface area is 176 Å². The lowest BCUT2D eigenvalue weighted by molar-refractivity contribution is 0.311. The largest absolute Gasteiger partial charge is 0.338 e. The van der Waals surface area contributed by atoms with Gasteiger partial charge in [0.25, 0.3) is 0 Å². The molecule has 0 spiro atoms. The molecule has 1 aromatic carbocycles. The molecular weight excluding hydrogens is 376 g/mol. The SMILES string of the molecule is CN1CCN(c2nc(/C=C/c3ccccc3)nc(Nc3cc(C4CC4)[nH]n3)n2)CC1. The van der Waals surface area contributed by atoms with Gasteiger partial charge in [-0.2, -0.15) is 20.1 Å². The van der Waals surface area contributed by atoms with Crippen LogP contribution in [0.1, 0.15) is 35.8 Å². The molecule has 1 saturated heterocycles. The average Bonchev–Trinajstić information content (AvgIpc) is 3.52. The standard InChI is InChI=1S/C22H26N8/c1-29-11-13-30(14-12-29)22-25-19(10-7-16-5-3-2-4-6-16)23-21(26-22)24-20-15-18(27-28-20)17-8-9-17/h2-7,10,15,17H,8-9,11-14H2,1H3,(H2,23,24,25,26,27,28)/b10-7+. The number of aromatic nitrogens is 5. The third-order valence-electron chi connectivity index (χ3n) is 5.51. The molecule has 5 rings (SSSR count). The number of aromatic amines is 1. The van der Waals surface area contributed by atoms with Crippen LogP contribution in [-0.4, -0.2) is 63.3 Å². The molecule has 154 valence electrons. The van der Waals surface area contributed by atoms with Crippen LogP contribution >= 0.6 is 0 Å². The number of hydrogen-bond acceptors (Lipinski definition) is 7. The number of likely N-dealkylation sites (N-methyl/N-ethyl adjacent to an activating group) is 1. The summed E-state index contributed by atoms with van der Waals surface area (Å²) in [5.41, 5.74) is 2.28. The van der Waals surface area contributed by atoms with Crippen LogP contribution in [0.5, 0.6) is 0 Å². The van der Waals surface area contributed by atoms with E-state index in [0.29, 0.717) is 23.6 Å². The van der Waals surface area contributed by atoms with Crippen molar-refractivity contribution in [2.24, 2.45) is 0 Å². The highest BCUT2D eigenvalue weighted by atomic mass is 15.3. The van der Waals surface area contributed by atoms with Gasteiger partial charge in [0.2, 0.25) is 11.9 Å². The second-order valence-corrected chi connectivity index (χ2v) is 7.96. The predicted molar refractivity (Wildman–Crippen MR) is 119 cm³/mol. The van der Waals surface area contributed by atoms with Gasteiger partial charge < -0.3 is 15.1 Å². The minimum absolute atomic E-state index is 0.514. The smallest absolute Gasteiger partial charge is 0.233 e. The summed E-state index contributed by atoms with van der Waals surface area (Å²) in [7, 11) is 2.14. The van der Waals surface area contributed by atoms with Crippen LogP contribution in [0.15, 0.2) is 36.4 Å². The zero-order valence-corrected chi connectivity index (χ0v) is 17.1. The van der Waals surface area contributed by atoms with E-state index in [1.807, 2.05) is 30.4 Å². The number of nitrogens with zero attached hydrogens (tertiary/aromatic N) is 6. The number of anilines is 3. The summed E-state index contributed by atoms with van der Waals surface area (Å²) in [6, 6.07) is 12.2. The van der Waals surface area contributed by atoms with E-state index in [0.717, 1.165) is 37.6 Å². The lowest BCUT2D eigenvalue weighted by Crippen LogP contribution is -2.45. The van der Waals surface area contributed by atoms with Gasteiger partial charge in [-0.05, 0) is 31.5 Å². The van der Waals surface area contributed by atoms with Crippen molar-refractivity contribution in [3.63, 3.8) is 0 Å². The zero-order chi connectivity index (χ0) is 20.3. The monoisotopic (exact) mass is 402 g/mol. The Hall–Kier alpha value is -3.26. The number of hydrogen-bond donors (Lipinski definition) is 2. The van der Waals surface area contributed by atoms with Crippen LogP contribution in [0.25, 0.3) is 12.2 Å². The Morgan fingerprint density at radius 2 is 1.80 bits per heavy atom. The van der Waals surface area contributed by atoms with Gasteiger partial charge in [0.05, 0.1) is 0 Å². The Morgan fingerprint density at radius 1 is 1.00 bits per heavy atom. The lowest BCUT2D eigenvalue weighted by atomic mass is 10.2. The van der Waals surface area contributed by atoms with Crippen molar-refractivity contribution >= 4 is 29.9 Å². The summed E-state index contributed by atoms with van der Waals surface area (Å²) < 4.78 is 0. The van der Waals surface area contributed by atoms with Crippen molar-refractivity contribution in [2.45, 2.75) is 18.8 Å². The second-order valence-electron chi connectivity index (χ2n) is 7.96. The summed E-state index contributed by atoms with van der Waals surface area (Å²) in [5.74, 6) is 3.21. The number of piperazine rings is 1. The Bertz CT molecular complexity index is 1020. The van der Waals surface area contributed by atoms with Crippen LogP contribution in [0.4, 0.5) is 17.7 Å². The highest BCUT2D eigenvalue weighted by Gasteiger charge is 2.25. The third kappa shape index (κ3) is 4.49. The molecule has 2 aromatic heterocycles. The molecule has 3 heterocycles. The van der Waals surface area contributed by atoms with E-state index < -0.39 is 0 Å². The molecule has 2 aliphatic rings. The topological polar surface area (TPSA) is 85.9 Å². The van der Waals surface area contributed by atoms with Gasteiger partial charge in [0.15, 0.2) is 11.6 Å². The van der Waals surface area contributed by atoms with Gasteiger partial charge >= 0.3 is 0 Å². The Morgan fingerprint density at radius 3 is 2.57 bits per heavy atom. The van der Waals surface area contributed by atoms with Gasteiger partial charge in [-0.15, -0.1) is 0 Å². The maximum Gasteiger partial charge on any atom is 0.233 e. The van der Waals surface area contributed by atoms with Gasteiger partial charge in [-0.1, -0.05) is 36.4 Å². The molecule has 3 aromatic rings. The van der Waals surface area contributed by atoms with Gasteiger partial charge in [0, 0.05) is 43.9 Å². The summed E-state index contributed by atoms with van der Waals surface area (Å²) in [6.45, 7) is 3.79. The molecule has 2 fully saturated rings. The van der Waals surface area contributed by atoms with Crippen LogP contribution in [0, 0.1) is 0 Å². The fourth-order valence-electron chi connectivity index (χ4n) is 3.51. The first-order valence-electron chi connectivity index (χ1n) is 10.5. The highest BCUT2D eigenvalue weighted by molar-refractivity contribution is 5.67. The number of nitrogens with one attached hydrogen (secondary N) is 2. The molecule has 2 N–H and O–H groups in total. The minimum Gasteiger partial charge on any atom is -0.338 e. The second kappa shape index (κ2) is 8.23. The Kier molecular flexibility index (Phi) is 5.15.